The number of ether oxygens (including phenoxy) is 1. The van der Waals surface area contributed by atoms with Crippen molar-refractivity contribution in [2.75, 3.05) is 7.11 Å². The predicted octanol–water partition coefficient (Wildman–Crippen LogP) is 0.263. The number of rotatable bonds is 3. The van der Waals surface area contributed by atoms with E-state index in [1.54, 1.807) is 6.07 Å². The van der Waals surface area contributed by atoms with Crippen LogP contribution in [-0.2, 0) is 16.0 Å². The highest BCUT2D eigenvalue weighted by molar-refractivity contribution is 5.75. The van der Waals surface area contributed by atoms with Crippen LogP contribution >= 0.6 is 0 Å². The van der Waals surface area contributed by atoms with E-state index in [-0.39, 0.29) is 6.42 Å². The van der Waals surface area contributed by atoms with Crippen LogP contribution in [-0.4, -0.2) is 24.1 Å². The SMILES string of the molecule is COC(=O)[C@H](N)Cc1ccnc(F)c1. The van der Waals surface area contributed by atoms with Gasteiger partial charge in [-0.2, -0.15) is 4.39 Å². The lowest BCUT2D eigenvalue weighted by molar-refractivity contribution is -0.142. The molecule has 0 saturated heterocycles. The topological polar surface area (TPSA) is 65.2 Å². The zero-order chi connectivity index (χ0) is 10.6. The normalized spacial score (nSPS) is 12.2. The molecule has 1 heterocycles. The summed E-state index contributed by atoms with van der Waals surface area (Å²) in [7, 11) is 1.26. The van der Waals surface area contributed by atoms with Gasteiger partial charge in [0.25, 0.3) is 0 Å². The molecule has 1 atom stereocenters. The van der Waals surface area contributed by atoms with Crippen LogP contribution in [0.1, 0.15) is 5.56 Å². The maximum Gasteiger partial charge on any atom is 0.322 e. The Morgan fingerprint density at radius 3 is 3.07 bits per heavy atom. The standard InChI is InChI=1S/C9H11FN2O2/c1-14-9(13)7(11)4-6-2-3-12-8(10)5-6/h2-3,5,7H,4,11H2,1H3/t7-/m1/s1. The van der Waals surface area contributed by atoms with Gasteiger partial charge in [-0.3, -0.25) is 4.79 Å². The molecule has 0 unspecified atom stereocenters. The van der Waals surface area contributed by atoms with Gasteiger partial charge in [-0.25, -0.2) is 4.98 Å². The average molecular weight is 198 g/mol. The van der Waals surface area contributed by atoms with E-state index < -0.39 is 18.0 Å². The molecule has 0 bridgehead atoms. The minimum Gasteiger partial charge on any atom is -0.468 e. The van der Waals surface area contributed by atoms with Gasteiger partial charge < -0.3 is 10.5 Å². The molecule has 1 aromatic rings. The number of carbonyl (C=O) groups is 1. The molecule has 14 heavy (non-hydrogen) atoms. The Bertz CT molecular complexity index is 330. The molecule has 0 aliphatic carbocycles. The molecule has 1 aromatic heterocycles. The number of methoxy groups -OCH3 is 1. The number of hydrogen-bond donors (Lipinski definition) is 1. The van der Waals surface area contributed by atoms with Crippen molar-refractivity contribution in [3.63, 3.8) is 0 Å². The van der Waals surface area contributed by atoms with E-state index >= 15 is 0 Å². The lowest BCUT2D eigenvalue weighted by atomic mass is 10.1. The summed E-state index contributed by atoms with van der Waals surface area (Å²) >= 11 is 0. The summed E-state index contributed by atoms with van der Waals surface area (Å²) in [6.07, 6.45) is 1.57. The fourth-order valence-electron chi connectivity index (χ4n) is 1.06. The molecule has 0 amide bonds. The number of halogens is 1. The van der Waals surface area contributed by atoms with Crippen molar-refractivity contribution in [1.29, 1.82) is 0 Å². The summed E-state index contributed by atoms with van der Waals surface area (Å²) in [5.41, 5.74) is 6.11. The average Bonchev–Trinajstić information content (AvgIpc) is 2.16. The number of pyridine rings is 1. The van der Waals surface area contributed by atoms with Gasteiger partial charge in [0.15, 0.2) is 0 Å². The molecule has 0 saturated carbocycles. The molecular formula is C9H11FN2O2. The minimum atomic E-state index is -0.762. The Balaban J connectivity index is 2.64. The highest BCUT2D eigenvalue weighted by Crippen LogP contribution is 2.03. The van der Waals surface area contributed by atoms with Crippen LogP contribution < -0.4 is 5.73 Å². The lowest BCUT2D eigenvalue weighted by Gasteiger charge is -2.08. The number of nitrogens with zero attached hydrogens (tertiary/aromatic N) is 1. The molecular weight excluding hydrogens is 187 g/mol. The smallest absolute Gasteiger partial charge is 0.322 e. The van der Waals surface area contributed by atoms with Crippen molar-refractivity contribution in [2.24, 2.45) is 5.73 Å². The van der Waals surface area contributed by atoms with E-state index in [4.69, 9.17) is 5.73 Å². The molecule has 0 spiro atoms. The Hall–Kier alpha value is -1.49. The first kappa shape index (κ1) is 10.6. The molecule has 0 aliphatic heterocycles. The van der Waals surface area contributed by atoms with Gasteiger partial charge in [0.1, 0.15) is 6.04 Å². The fourth-order valence-corrected chi connectivity index (χ4v) is 1.06. The summed E-state index contributed by atoms with van der Waals surface area (Å²) in [6, 6.07) is 2.08. The third-order valence-corrected chi connectivity index (χ3v) is 1.75. The van der Waals surface area contributed by atoms with E-state index in [0.717, 1.165) is 0 Å². The molecule has 0 fully saturated rings. The highest BCUT2D eigenvalue weighted by atomic mass is 19.1. The second-order valence-electron chi connectivity index (χ2n) is 2.82. The van der Waals surface area contributed by atoms with Crippen LogP contribution in [0.15, 0.2) is 18.3 Å². The van der Waals surface area contributed by atoms with Crippen LogP contribution in [0.4, 0.5) is 4.39 Å². The third kappa shape index (κ3) is 2.77. The van der Waals surface area contributed by atoms with Crippen molar-refractivity contribution >= 4 is 5.97 Å². The number of hydrogen-bond acceptors (Lipinski definition) is 4. The molecule has 5 heteroatoms. The van der Waals surface area contributed by atoms with Crippen LogP contribution in [0.25, 0.3) is 0 Å². The van der Waals surface area contributed by atoms with Gasteiger partial charge in [-0.1, -0.05) is 0 Å². The molecule has 0 aliphatic rings. The highest BCUT2D eigenvalue weighted by Gasteiger charge is 2.14. The molecule has 0 radical (unpaired) electrons. The number of carbonyl (C=O) groups excluding carboxylic acids is 1. The Labute approximate surface area is 80.9 Å². The maximum atomic E-state index is 12.6. The van der Waals surface area contributed by atoms with Crippen LogP contribution in [0, 0.1) is 5.95 Å². The summed E-state index contributed by atoms with van der Waals surface area (Å²) in [6.45, 7) is 0. The van der Waals surface area contributed by atoms with E-state index in [9.17, 15) is 9.18 Å². The second-order valence-corrected chi connectivity index (χ2v) is 2.82. The second kappa shape index (κ2) is 4.66. The summed E-state index contributed by atoms with van der Waals surface area (Å²) in [4.78, 5) is 14.3. The van der Waals surface area contributed by atoms with Gasteiger partial charge >= 0.3 is 5.97 Å². The van der Waals surface area contributed by atoms with Crippen LogP contribution in [0.3, 0.4) is 0 Å². The predicted molar refractivity (Wildman–Crippen MR) is 47.9 cm³/mol. The summed E-state index contributed by atoms with van der Waals surface area (Å²) in [5, 5.41) is 0. The van der Waals surface area contributed by atoms with E-state index in [1.807, 2.05) is 0 Å². The Kier molecular flexibility index (Phi) is 3.53. The van der Waals surface area contributed by atoms with Crippen molar-refractivity contribution in [1.82, 2.24) is 4.98 Å². The first-order valence-electron chi connectivity index (χ1n) is 4.07. The van der Waals surface area contributed by atoms with E-state index in [0.29, 0.717) is 5.56 Å². The molecule has 4 nitrogen and oxygen atoms in total. The van der Waals surface area contributed by atoms with Crippen molar-refractivity contribution in [3.05, 3.63) is 29.8 Å². The summed E-state index contributed by atoms with van der Waals surface area (Å²) < 4.78 is 17.1. The van der Waals surface area contributed by atoms with Gasteiger partial charge in [0, 0.05) is 6.20 Å². The van der Waals surface area contributed by atoms with Crippen molar-refractivity contribution in [3.8, 4) is 0 Å². The Morgan fingerprint density at radius 2 is 2.50 bits per heavy atom. The molecule has 1 rings (SSSR count). The monoisotopic (exact) mass is 198 g/mol. The minimum absolute atomic E-state index is 0.242. The zero-order valence-electron chi connectivity index (χ0n) is 7.74. The summed E-state index contributed by atoms with van der Waals surface area (Å²) in [5.74, 6) is -1.10. The maximum absolute atomic E-state index is 12.6. The van der Waals surface area contributed by atoms with Crippen molar-refractivity contribution in [2.45, 2.75) is 12.5 Å². The molecule has 0 aromatic carbocycles. The zero-order valence-corrected chi connectivity index (χ0v) is 7.74. The largest absolute Gasteiger partial charge is 0.468 e. The van der Waals surface area contributed by atoms with Gasteiger partial charge in [0.2, 0.25) is 5.95 Å². The van der Waals surface area contributed by atoms with E-state index in [1.165, 1.54) is 19.4 Å². The third-order valence-electron chi connectivity index (χ3n) is 1.75. The van der Waals surface area contributed by atoms with Gasteiger partial charge in [-0.15, -0.1) is 0 Å². The van der Waals surface area contributed by atoms with Crippen LogP contribution in [0.2, 0.25) is 0 Å². The first-order chi connectivity index (χ1) is 6.63. The Morgan fingerprint density at radius 1 is 1.79 bits per heavy atom. The van der Waals surface area contributed by atoms with Crippen molar-refractivity contribution < 1.29 is 13.9 Å². The number of esters is 1. The van der Waals surface area contributed by atoms with Crippen LogP contribution in [0.5, 0.6) is 0 Å². The quantitative estimate of drug-likeness (QED) is 0.559. The lowest BCUT2D eigenvalue weighted by Crippen LogP contribution is -2.33. The van der Waals surface area contributed by atoms with E-state index in [2.05, 4.69) is 9.72 Å². The van der Waals surface area contributed by atoms with Gasteiger partial charge in [-0.05, 0) is 24.1 Å². The number of aromatic nitrogens is 1. The fraction of sp³-hybridized carbons (Fsp3) is 0.333. The first-order valence-corrected chi connectivity index (χ1v) is 4.07. The molecule has 76 valence electrons. The molecule has 2 N–H and O–H groups in total. The number of nitrogens with two attached hydrogens (primary N) is 1. The van der Waals surface area contributed by atoms with Gasteiger partial charge in [0.05, 0.1) is 7.11 Å².